The van der Waals surface area contributed by atoms with Gasteiger partial charge in [-0.1, -0.05) is 0 Å². The van der Waals surface area contributed by atoms with Crippen molar-refractivity contribution in [2.45, 2.75) is 50.9 Å². The van der Waals surface area contributed by atoms with Crippen molar-refractivity contribution in [1.82, 2.24) is 24.8 Å². The molecule has 222 valence electrons. The van der Waals surface area contributed by atoms with Crippen LogP contribution in [0.2, 0.25) is 0 Å². The fourth-order valence-electron chi connectivity index (χ4n) is 6.38. The number of hydrogen-bond donors (Lipinski definition) is 0. The summed E-state index contributed by atoms with van der Waals surface area (Å²) >= 11 is 1.71. The number of anilines is 1. The quantitative estimate of drug-likeness (QED) is 0.382. The fraction of sp³-hybridized carbons (Fsp3) is 0.621. The number of sulfone groups is 1. The van der Waals surface area contributed by atoms with Crippen molar-refractivity contribution in [1.29, 1.82) is 0 Å². The molecule has 0 aliphatic carbocycles. The molecular formula is C29H40N6O4S2. The summed E-state index contributed by atoms with van der Waals surface area (Å²) in [7, 11) is -1.78. The van der Waals surface area contributed by atoms with Crippen LogP contribution in [0.1, 0.15) is 41.7 Å². The molecule has 0 unspecified atom stereocenters. The minimum Gasteiger partial charge on any atom is -0.481 e. The van der Waals surface area contributed by atoms with Gasteiger partial charge in [-0.3, -0.25) is 4.90 Å². The minimum atomic E-state index is -3.29. The van der Waals surface area contributed by atoms with Crippen LogP contribution in [0.25, 0.3) is 21.5 Å². The largest absolute Gasteiger partial charge is 0.481 e. The van der Waals surface area contributed by atoms with E-state index < -0.39 is 9.84 Å². The van der Waals surface area contributed by atoms with Gasteiger partial charge in [0.2, 0.25) is 11.8 Å². The number of hydrogen-bond acceptors (Lipinski definition) is 11. The van der Waals surface area contributed by atoms with Gasteiger partial charge in [-0.2, -0.15) is 0 Å². The van der Waals surface area contributed by atoms with Gasteiger partial charge in [-0.15, -0.1) is 11.3 Å². The highest BCUT2D eigenvalue weighted by Crippen LogP contribution is 2.39. The van der Waals surface area contributed by atoms with E-state index in [1.807, 2.05) is 6.07 Å². The first-order valence-corrected chi connectivity index (χ1v) is 17.5. The van der Waals surface area contributed by atoms with Crippen LogP contribution in [0.4, 0.5) is 5.95 Å². The van der Waals surface area contributed by atoms with Crippen LogP contribution in [0.3, 0.4) is 0 Å². The molecule has 0 radical (unpaired) electrons. The van der Waals surface area contributed by atoms with Gasteiger partial charge in [0.1, 0.15) is 0 Å². The van der Waals surface area contributed by atoms with Crippen LogP contribution >= 0.6 is 11.3 Å². The Kier molecular flexibility index (Phi) is 8.46. The standard InChI is InChI=1S/C29H40N6O4S2/c1-20-24(18-33-10-6-23(7-11-33)34-8-4-5-9-34)26-27(40-20)25(31-29(32-26)35-12-14-39-15-13-35)21-16-22(19-41(3,36)37)28(38-2)30-17-21/h16-17,23H,4-15,18-19H2,1-3H3. The molecule has 3 fully saturated rings. The summed E-state index contributed by atoms with van der Waals surface area (Å²) in [6.45, 7) is 10.5. The lowest BCUT2D eigenvalue weighted by Crippen LogP contribution is -2.43. The number of pyridine rings is 1. The van der Waals surface area contributed by atoms with Gasteiger partial charge in [-0.05, 0) is 64.9 Å². The van der Waals surface area contributed by atoms with Crippen molar-refractivity contribution in [2.24, 2.45) is 0 Å². The minimum absolute atomic E-state index is 0.149. The summed E-state index contributed by atoms with van der Waals surface area (Å²) in [6, 6.07) is 2.58. The van der Waals surface area contributed by atoms with Crippen LogP contribution in [0, 0.1) is 6.92 Å². The molecule has 3 aromatic heterocycles. The number of rotatable bonds is 8. The maximum Gasteiger partial charge on any atom is 0.226 e. The Labute approximate surface area is 246 Å². The fourth-order valence-corrected chi connectivity index (χ4v) is 8.27. The molecule has 3 saturated heterocycles. The summed E-state index contributed by atoms with van der Waals surface area (Å²) in [4.78, 5) is 23.4. The zero-order valence-electron chi connectivity index (χ0n) is 24.3. The Hall–Kier alpha value is -2.38. The molecule has 0 saturated carbocycles. The molecule has 0 N–H and O–H groups in total. The Morgan fingerprint density at radius 2 is 1.80 bits per heavy atom. The Bertz CT molecular complexity index is 1490. The zero-order chi connectivity index (χ0) is 28.6. The van der Waals surface area contributed by atoms with Crippen LogP contribution in [0.15, 0.2) is 12.3 Å². The van der Waals surface area contributed by atoms with Crippen molar-refractivity contribution < 1.29 is 17.9 Å². The van der Waals surface area contributed by atoms with E-state index >= 15 is 0 Å². The second-order valence-corrected chi connectivity index (χ2v) is 14.9. The van der Waals surface area contributed by atoms with Crippen LogP contribution in [0.5, 0.6) is 5.88 Å². The van der Waals surface area contributed by atoms with Crippen molar-refractivity contribution in [3.8, 4) is 17.1 Å². The highest BCUT2D eigenvalue weighted by Gasteiger charge is 2.28. The lowest BCUT2D eigenvalue weighted by atomic mass is 10.0. The predicted octanol–water partition coefficient (Wildman–Crippen LogP) is 3.51. The first-order valence-electron chi connectivity index (χ1n) is 14.6. The zero-order valence-corrected chi connectivity index (χ0v) is 25.9. The maximum absolute atomic E-state index is 12.2. The van der Waals surface area contributed by atoms with Crippen LogP contribution < -0.4 is 9.64 Å². The number of aryl methyl sites for hydroxylation is 1. The summed E-state index contributed by atoms with van der Waals surface area (Å²) in [5.41, 5.74) is 4.34. The first kappa shape index (κ1) is 28.7. The lowest BCUT2D eigenvalue weighted by molar-refractivity contribution is 0.122. The molecule has 3 aliphatic heterocycles. The number of nitrogens with zero attached hydrogens (tertiary/aromatic N) is 6. The third kappa shape index (κ3) is 6.36. The van der Waals surface area contributed by atoms with Crippen molar-refractivity contribution >= 4 is 37.3 Å². The van der Waals surface area contributed by atoms with Crippen molar-refractivity contribution in [3.05, 3.63) is 28.3 Å². The number of aromatic nitrogens is 3. The molecule has 0 amide bonds. The SMILES string of the molecule is COc1ncc(-c2nc(N3CCOCC3)nc3c(CN4CCC(N5CCCC5)CC4)c(C)sc23)cc1CS(C)(=O)=O. The van der Waals surface area contributed by atoms with Gasteiger partial charge in [-0.25, -0.2) is 23.4 Å². The maximum atomic E-state index is 12.2. The highest BCUT2D eigenvalue weighted by molar-refractivity contribution is 7.89. The second-order valence-electron chi connectivity index (χ2n) is 11.5. The normalized spacial score (nSPS) is 19.8. The third-order valence-electron chi connectivity index (χ3n) is 8.52. The average Bonchev–Trinajstić information content (AvgIpc) is 3.61. The number of fused-ring (bicyclic) bond motifs is 1. The Balaban J connectivity index is 1.37. The Morgan fingerprint density at radius 1 is 1.07 bits per heavy atom. The molecule has 6 heterocycles. The third-order valence-corrected chi connectivity index (χ3v) is 10.5. The molecule has 0 bridgehead atoms. The number of ether oxygens (including phenoxy) is 2. The lowest BCUT2D eigenvalue weighted by Gasteiger charge is -2.36. The molecule has 3 aliphatic rings. The summed E-state index contributed by atoms with van der Waals surface area (Å²) < 4.78 is 36.4. The highest BCUT2D eigenvalue weighted by atomic mass is 32.2. The predicted molar refractivity (Wildman–Crippen MR) is 163 cm³/mol. The number of piperidine rings is 1. The Morgan fingerprint density at radius 3 is 2.49 bits per heavy atom. The molecule has 41 heavy (non-hydrogen) atoms. The van der Waals surface area contributed by atoms with Crippen LogP contribution in [-0.4, -0.2) is 105 Å². The van der Waals surface area contributed by atoms with Gasteiger partial charge in [0.15, 0.2) is 9.84 Å². The smallest absolute Gasteiger partial charge is 0.226 e. The summed E-state index contributed by atoms with van der Waals surface area (Å²) in [6.07, 6.45) is 8.08. The topological polar surface area (TPSA) is 101 Å². The molecule has 0 spiro atoms. The van der Waals surface area contributed by atoms with E-state index in [1.165, 1.54) is 62.6 Å². The first-order chi connectivity index (χ1) is 19.8. The molecule has 0 aromatic carbocycles. The van der Waals surface area contributed by atoms with E-state index in [0.29, 0.717) is 30.6 Å². The number of methoxy groups -OCH3 is 1. The molecule has 6 rings (SSSR count). The number of likely N-dealkylation sites (tertiary alicyclic amines) is 2. The van der Waals surface area contributed by atoms with E-state index in [2.05, 4.69) is 26.6 Å². The van der Waals surface area contributed by atoms with E-state index in [1.54, 1.807) is 17.5 Å². The van der Waals surface area contributed by atoms with Crippen molar-refractivity contribution in [3.63, 3.8) is 0 Å². The molecular weight excluding hydrogens is 560 g/mol. The van der Waals surface area contributed by atoms with E-state index in [-0.39, 0.29) is 5.75 Å². The molecule has 0 atom stereocenters. The monoisotopic (exact) mass is 600 g/mol. The van der Waals surface area contributed by atoms with Gasteiger partial charge in [0, 0.05) is 59.7 Å². The van der Waals surface area contributed by atoms with Gasteiger partial charge in [0.05, 0.1) is 42.0 Å². The average molecular weight is 601 g/mol. The van der Waals surface area contributed by atoms with Crippen LogP contribution in [-0.2, 0) is 26.9 Å². The van der Waals surface area contributed by atoms with E-state index in [4.69, 9.17) is 19.4 Å². The molecule has 12 heteroatoms. The molecule has 10 nitrogen and oxygen atoms in total. The van der Waals surface area contributed by atoms with Gasteiger partial charge in [0.25, 0.3) is 0 Å². The number of thiophene rings is 1. The summed E-state index contributed by atoms with van der Waals surface area (Å²) in [5, 5.41) is 0. The second kappa shape index (κ2) is 12.1. The van der Waals surface area contributed by atoms with E-state index in [0.717, 1.165) is 60.2 Å². The van der Waals surface area contributed by atoms with Gasteiger partial charge < -0.3 is 19.3 Å². The summed E-state index contributed by atoms with van der Waals surface area (Å²) in [5.74, 6) is 0.852. The molecule has 3 aromatic rings. The van der Waals surface area contributed by atoms with Crippen molar-refractivity contribution in [2.75, 3.05) is 70.7 Å². The number of morpholine rings is 1. The van der Waals surface area contributed by atoms with Gasteiger partial charge >= 0.3 is 0 Å². The van der Waals surface area contributed by atoms with E-state index in [9.17, 15) is 8.42 Å².